The second-order valence-electron chi connectivity index (χ2n) is 7.30. The Morgan fingerprint density at radius 3 is 2.41 bits per heavy atom. The standard InChI is InChI=1S/C16H30N2O4/c1-13(20-5)17-8-6-16(7-9-17)12-18(10-11-21-16)14(19)22-15(2,3)4/h13H,6-12H2,1-5H3. The Morgan fingerprint density at radius 2 is 1.86 bits per heavy atom. The Bertz CT molecular complexity index is 386. The predicted octanol–water partition coefficient (Wildman–Crippen LogP) is 2.08. The van der Waals surface area contributed by atoms with Crippen LogP contribution in [0.1, 0.15) is 40.5 Å². The number of hydrogen-bond acceptors (Lipinski definition) is 5. The van der Waals surface area contributed by atoms with Crippen molar-refractivity contribution in [3.8, 4) is 0 Å². The summed E-state index contributed by atoms with van der Waals surface area (Å²) in [5.41, 5.74) is -0.682. The van der Waals surface area contributed by atoms with Crippen molar-refractivity contribution in [3.05, 3.63) is 0 Å². The van der Waals surface area contributed by atoms with Crippen LogP contribution in [0.25, 0.3) is 0 Å². The second kappa shape index (κ2) is 6.72. The van der Waals surface area contributed by atoms with Crippen LogP contribution in [0.4, 0.5) is 4.79 Å². The monoisotopic (exact) mass is 314 g/mol. The molecule has 1 unspecified atom stereocenters. The second-order valence-corrected chi connectivity index (χ2v) is 7.30. The van der Waals surface area contributed by atoms with Crippen LogP contribution < -0.4 is 0 Å². The van der Waals surface area contributed by atoms with E-state index in [1.807, 2.05) is 20.8 Å². The van der Waals surface area contributed by atoms with Crippen molar-refractivity contribution in [3.63, 3.8) is 0 Å². The van der Waals surface area contributed by atoms with E-state index in [1.165, 1.54) is 0 Å². The van der Waals surface area contributed by atoms with Crippen molar-refractivity contribution in [2.75, 3.05) is 39.9 Å². The Hall–Kier alpha value is -0.850. The van der Waals surface area contributed by atoms with Crippen LogP contribution in [0, 0.1) is 0 Å². The van der Waals surface area contributed by atoms with Gasteiger partial charge in [-0.3, -0.25) is 4.90 Å². The average Bonchev–Trinajstić information content (AvgIpc) is 2.45. The van der Waals surface area contributed by atoms with E-state index < -0.39 is 5.60 Å². The summed E-state index contributed by atoms with van der Waals surface area (Å²) in [4.78, 5) is 16.4. The topological polar surface area (TPSA) is 51.2 Å². The van der Waals surface area contributed by atoms with Gasteiger partial charge in [0.25, 0.3) is 0 Å². The van der Waals surface area contributed by atoms with Crippen molar-refractivity contribution in [2.24, 2.45) is 0 Å². The maximum atomic E-state index is 12.3. The van der Waals surface area contributed by atoms with Gasteiger partial charge >= 0.3 is 6.09 Å². The van der Waals surface area contributed by atoms with E-state index >= 15 is 0 Å². The number of hydrogen-bond donors (Lipinski definition) is 0. The van der Waals surface area contributed by atoms with E-state index in [0.29, 0.717) is 19.7 Å². The zero-order valence-electron chi connectivity index (χ0n) is 14.6. The Labute approximate surface area is 133 Å². The first-order chi connectivity index (χ1) is 10.2. The van der Waals surface area contributed by atoms with E-state index in [1.54, 1.807) is 12.0 Å². The first-order valence-electron chi connectivity index (χ1n) is 8.13. The summed E-state index contributed by atoms with van der Waals surface area (Å²) in [5, 5.41) is 0. The van der Waals surface area contributed by atoms with Gasteiger partial charge in [0, 0.05) is 26.7 Å². The lowest BCUT2D eigenvalue weighted by molar-refractivity contribution is -0.148. The van der Waals surface area contributed by atoms with Crippen LogP contribution >= 0.6 is 0 Å². The molecule has 0 N–H and O–H groups in total. The van der Waals surface area contributed by atoms with E-state index in [0.717, 1.165) is 25.9 Å². The highest BCUT2D eigenvalue weighted by Crippen LogP contribution is 2.31. The lowest BCUT2D eigenvalue weighted by Crippen LogP contribution is -2.59. The SMILES string of the molecule is COC(C)N1CCC2(CC1)CN(C(=O)OC(C)(C)C)CCO2. The fraction of sp³-hybridized carbons (Fsp3) is 0.938. The predicted molar refractivity (Wildman–Crippen MR) is 83.8 cm³/mol. The van der Waals surface area contributed by atoms with E-state index in [2.05, 4.69) is 11.8 Å². The lowest BCUT2D eigenvalue weighted by atomic mass is 9.89. The number of ether oxygens (including phenoxy) is 3. The van der Waals surface area contributed by atoms with Gasteiger partial charge in [0.1, 0.15) is 11.8 Å². The van der Waals surface area contributed by atoms with E-state index in [9.17, 15) is 4.79 Å². The molecule has 6 nitrogen and oxygen atoms in total. The van der Waals surface area contributed by atoms with Crippen LogP contribution in [-0.4, -0.2) is 73.2 Å². The molecule has 2 rings (SSSR count). The molecule has 0 aromatic rings. The van der Waals surface area contributed by atoms with Gasteiger partial charge in [0.15, 0.2) is 0 Å². The van der Waals surface area contributed by atoms with Gasteiger partial charge in [0.05, 0.1) is 18.8 Å². The molecule has 6 heteroatoms. The quantitative estimate of drug-likeness (QED) is 0.781. The van der Waals surface area contributed by atoms with Crippen molar-refractivity contribution in [1.29, 1.82) is 0 Å². The molecule has 128 valence electrons. The van der Waals surface area contributed by atoms with Gasteiger partial charge in [0.2, 0.25) is 0 Å². The van der Waals surface area contributed by atoms with Gasteiger partial charge in [-0.2, -0.15) is 0 Å². The Kier molecular flexibility index (Phi) is 5.35. The first kappa shape index (κ1) is 17.5. The zero-order chi connectivity index (χ0) is 16.4. The van der Waals surface area contributed by atoms with Gasteiger partial charge in [-0.1, -0.05) is 0 Å². The summed E-state index contributed by atoms with van der Waals surface area (Å²) in [7, 11) is 1.73. The molecule has 1 atom stereocenters. The third kappa shape index (κ3) is 4.33. The minimum absolute atomic E-state index is 0.128. The molecule has 0 aromatic carbocycles. The molecule has 2 aliphatic rings. The summed E-state index contributed by atoms with van der Waals surface area (Å²) in [6.45, 7) is 11.4. The number of methoxy groups -OCH3 is 1. The van der Waals surface area contributed by atoms with Gasteiger partial charge in [-0.15, -0.1) is 0 Å². The minimum atomic E-state index is -0.459. The molecular weight excluding hydrogens is 284 g/mol. The summed E-state index contributed by atoms with van der Waals surface area (Å²) >= 11 is 0. The molecule has 2 fully saturated rings. The number of carbonyl (C=O) groups excluding carboxylic acids is 1. The first-order valence-corrected chi connectivity index (χ1v) is 8.13. The third-order valence-electron chi connectivity index (χ3n) is 4.46. The molecule has 1 amide bonds. The number of rotatable bonds is 2. The summed E-state index contributed by atoms with van der Waals surface area (Å²) in [6, 6.07) is 0. The minimum Gasteiger partial charge on any atom is -0.444 e. The van der Waals surface area contributed by atoms with E-state index in [4.69, 9.17) is 14.2 Å². The summed E-state index contributed by atoms with van der Waals surface area (Å²) < 4.78 is 16.9. The molecule has 0 aliphatic carbocycles. The molecule has 1 spiro atoms. The molecule has 22 heavy (non-hydrogen) atoms. The largest absolute Gasteiger partial charge is 0.444 e. The van der Waals surface area contributed by atoms with E-state index in [-0.39, 0.29) is 17.9 Å². The smallest absolute Gasteiger partial charge is 0.410 e. The average molecular weight is 314 g/mol. The van der Waals surface area contributed by atoms with Gasteiger partial charge < -0.3 is 19.1 Å². The third-order valence-corrected chi connectivity index (χ3v) is 4.46. The lowest BCUT2D eigenvalue weighted by Gasteiger charge is -2.48. The number of amides is 1. The molecule has 2 saturated heterocycles. The molecule has 2 heterocycles. The van der Waals surface area contributed by atoms with Crippen molar-refractivity contribution in [2.45, 2.75) is 58.0 Å². The summed E-state index contributed by atoms with van der Waals surface area (Å²) in [5.74, 6) is 0. The number of likely N-dealkylation sites (tertiary alicyclic amines) is 1. The van der Waals surface area contributed by atoms with Crippen LogP contribution in [0.15, 0.2) is 0 Å². The number of carbonyl (C=O) groups is 1. The normalized spacial score (nSPS) is 24.3. The maximum Gasteiger partial charge on any atom is 0.410 e. The van der Waals surface area contributed by atoms with Gasteiger partial charge in [-0.05, 0) is 40.5 Å². The molecular formula is C16H30N2O4. The highest BCUT2D eigenvalue weighted by atomic mass is 16.6. The van der Waals surface area contributed by atoms with Crippen LogP contribution in [0.2, 0.25) is 0 Å². The van der Waals surface area contributed by atoms with Crippen molar-refractivity contribution in [1.82, 2.24) is 9.80 Å². The molecule has 0 bridgehead atoms. The molecule has 0 aromatic heterocycles. The van der Waals surface area contributed by atoms with Crippen LogP contribution in [0.3, 0.4) is 0 Å². The molecule has 0 saturated carbocycles. The highest BCUT2D eigenvalue weighted by molar-refractivity contribution is 5.68. The fourth-order valence-electron chi connectivity index (χ4n) is 3.07. The molecule has 0 radical (unpaired) electrons. The Balaban J connectivity index is 1.92. The van der Waals surface area contributed by atoms with Gasteiger partial charge in [-0.25, -0.2) is 4.79 Å². The number of nitrogens with zero attached hydrogens (tertiary/aromatic N) is 2. The fourth-order valence-corrected chi connectivity index (χ4v) is 3.07. The van der Waals surface area contributed by atoms with Crippen LogP contribution in [0.5, 0.6) is 0 Å². The van der Waals surface area contributed by atoms with Crippen LogP contribution in [-0.2, 0) is 14.2 Å². The summed E-state index contributed by atoms with van der Waals surface area (Å²) in [6.07, 6.45) is 1.73. The number of morpholine rings is 1. The molecule has 2 aliphatic heterocycles. The number of piperidine rings is 1. The highest BCUT2D eigenvalue weighted by Gasteiger charge is 2.42. The maximum absolute atomic E-state index is 12.3. The van der Waals surface area contributed by atoms with Crippen molar-refractivity contribution < 1.29 is 19.0 Å². The Morgan fingerprint density at radius 1 is 1.23 bits per heavy atom. The zero-order valence-corrected chi connectivity index (χ0v) is 14.6. The van der Waals surface area contributed by atoms with Crippen molar-refractivity contribution >= 4 is 6.09 Å².